The summed E-state index contributed by atoms with van der Waals surface area (Å²) in [6.45, 7) is 4.65. The zero-order valence-corrected chi connectivity index (χ0v) is 12.7. The minimum atomic E-state index is -0.277. The lowest BCUT2D eigenvalue weighted by Gasteiger charge is -2.37. The Balaban J connectivity index is 1.50. The molecule has 2 saturated heterocycles. The van der Waals surface area contributed by atoms with Crippen molar-refractivity contribution in [3.05, 3.63) is 30.1 Å². The van der Waals surface area contributed by atoms with Crippen LogP contribution >= 0.6 is 0 Å². The second kappa shape index (κ2) is 6.75. The number of fused-ring (bicyclic) bond motifs is 2. The van der Waals surface area contributed by atoms with E-state index in [-0.39, 0.29) is 5.82 Å². The van der Waals surface area contributed by atoms with Gasteiger partial charge in [0.05, 0.1) is 0 Å². The number of rotatable bonds is 6. The predicted molar refractivity (Wildman–Crippen MR) is 82.1 cm³/mol. The molecule has 0 amide bonds. The molecule has 21 heavy (non-hydrogen) atoms. The van der Waals surface area contributed by atoms with Crippen LogP contribution in [0.2, 0.25) is 0 Å². The second-order valence-electron chi connectivity index (χ2n) is 6.17. The van der Waals surface area contributed by atoms with E-state index in [0.29, 0.717) is 30.5 Å². The predicted octanol–water partition coefficient (Wildman–Crippen LogP) is 2.81. The maximum atomic E-state index is 13.5. The molecule has 0 aromatic heterocycles. The van der Waals surface area contributed by atoms with Crippen molar-refractivity contribution in [2.24, 2.45) is 0 Å². The number of para-hydroxylation sites is 1. The van der Waals surface area contributed by atoms with Crippen LogP contribution in [0, 0.1) is 5.82 Å². The Morgan fingerprint density at radius 1 is 1.24 bits per heavy atom. The number of halogens is 1. The van der Waals surface area contributed by atoms with Gasteiger partial charge in [-0.2, -0.15) is 0 Å². The Hall–Kier alpha value is -1.13. The number of nitrogens with one attached hydrogen (secondary N) is 1. The molecule has 3 rings (SSSR count). The molecule has 2 heterocycles. The highest BCUT2D eigenvalue weighted by atomic mass is 19.1. The van der Waals surface area contributed by atoms with Crippen molar-refractivity contribution in [1.29, 1.82) is 0 Å². The minimum Gasteiger partial charge on any atom is -0.489 e. The molecule has 0 aliphatic carbocycles. The molecule has 4 heteroatoms. The summed E-state index contributed by atoms with van der Waals surface area (Å²) >= 11 is 0. The zero-order valence-electron chi connectivity index (χ0n) is 12.7. The number of ether oxygens (including phenoxy) is 1. The Morgan fingerprint density at radius 2 is 1.95 bits per heavy atom. The van der Waals surface area contributed by atoms with Crippen LogP contribution in [0.1, 0.15) is 32.6 Å². The van der Waals surface area contributed by atoms with Crippen molar-refractivity contribution in [2.45, 2.75) is 50.7 Å². The van der Waals surface area contributed by atoms with Gasteiger partial charge in [0, 0.05) is 24.7 Å². The summed E-state index contributed by atoms with van der Waals surface area (Å²) in [4.78, 5) is 2.49. The highest BCUT2D eigenvalue weighted by Gasteiger charge is 2.35. The van der Waals surface area contributed by atoms with Crippen molar-refractivity contribution in [1.82, 2.24) is 10.2 Å². The standard InChI is InChI=1S/C17H25FN2O/c1-2-20(15-11-13-7-8-14(12-15)19-13)9-10-21-17-6-4-3-5-16(17)18/h3-6,13-15,19H,2,7-12H2,1H3. The van der Waals surface area contributed by atoms with Gasteiger partial charge in [0.25, 0.3) is 0 Å². The summed E-state index contributed by atoms with van der Waals surface area (Å²) in [5, 5.41) is 3.68. The van der Waals surface area contributed by atoms with Gasteiger partial charge in [0.2, 0.25) is 0 Å². The van der Waals surface area contributed by atoms with E-state index in [9.17, 15) is 4.39 Å². The van der Waals surface area contributed by atoms with Gasteiger partial charge in [-0.1, -0.05) is 19.1 Å². The average molecular weight is 292 g/mol. The molecule has 2 aliphatic rings. The molecule has 116 valence electrons. The highest BCUT2D eigenvalue weighted by Crippen LogP contribution is 2.29. The Labute approximate surface area is 126 Å². The van der Waals surface area contributed by atoms with Crippen LogP contribution in [0.5, 0.6) is 5.75 Å². The first-order chi connectivity index (χ1) is 10.3. The third kappa shape index (κ3) is 3.55. The smallest absolute Gasteiger partial charge is 0.165 e. The highest BCUT2D eigenvalue weighted by molar-refractivity contribution is 5.23. The molecule has 0 radical (unpaired) electrons. The third-order valence-corrected chi connectivity index (χ3v) is 4.84. The summed E-state index contributed by atoms with van der Waals surface area (Å²) in [5.41, 5.74) is 0. The van der Waals surface area contributed by atoms with E-state index in [0.717, 1.165) is 13.1 Å². The quantitative estimate of drug-likeness (QED) is 0.872. The number of likely N-dealkylation sites (N-methyl/N-ethyl adjacent to an activating group) is 1. The van der Waals surface area contributed by atoms with E-state index in [2.05, 4.69) is 17.1 Å². The molecule has 2 unspecified atom stereocenters. The molecule has 1 aromatic carbocycles. The van der Waals surface area contributed by atoms with Crippen molar-refractivity contribution in [3.8, 4) is 5.75 Å². The summed E-state index contributed by atoms with van der Waals surface area (Å²) < 4.78 is 19.1. The number of nitrogens with zero attached hydrogens (tertiary/aromatic N) is 1. The van der Waals surface area contributed by atoms with E-state index >= 15 is 0 Å². The number of piperidine rings is 1. The minimum absolute atomic E-state index is 0.277. The van der Waals surface area contributed by atoms with Crippen molar-refractivity contribution in [2.75, 3.05) is 19.7 Å². The Kier molecular flexibility index (Phi) is 4.76. The number of hydrogen-bond donors (Lipinski definition) is 1. The van der Waals surface area contributed by atoms with Gasteiger partial charge in [-0.15, -0.1) is 0 Å². The third-order valence-electron chi connectivity index (χ3n) is 4.84. The van der Waals surface area contributed by atoms with Gasteiger partial charge >= 0.3 is 0 Å². The van der Waals surface area contributed by atoms with Gasteiger partial charge < -0.3 is 10.1 Å². The summed E-state index contributed by atoms with van der Waals surface area (Å²) in [5.74, 6) is 0.0828. The van der Waals surface area contributed by atoms with E-state index in [1.165, 1.54) is 31.7 Å². The number of hydrogen-bond acceptors (Lipinski definition) is 3. The lowest BCUT2D eigenvalue weighted by molar-refractivity contribution is 0.124. The topological polar surface area (TPSA) is 24.5 Å². The largest absolute Gasteiger partial charge is 0.489 e. The van der Waals surface area contributed by atoms with Crippen molar-refractivity contribution in [3.63, 3.8) is 0 Å². The Bertz CT molecular complexity index is 456. The molecule has 3 nitrogen and oxygen atoms in total. The molecule has 1 N–H and O–H groups in total. The van der Waals surface area contributed by atoms with E-state index in [4.69, 9.17) is 4.74 Å². The first-order valence-electron chi connectivity index (χ1n) is 8.13. The molecular formula is C17H25FN2O. The van der Waals surface area contributed by atoms with Gasteiger partial charge in [0.1, 0.15) is 6.61 Å². The van der Waals surface area contributed by atoms with E-state index in [1.807, 2.05) is 0 Å². The molecule has 2 atom stereocenters. The normalized spacial score (nSPS) is 28.0. The van der Waals surface area contributed by atoms with E-state index in [1.54, 1.807) is 18.2 Å². The maximum absolute atomic E-state index is 13.5. The second-order valence-corrected chi connectivity index (χ2v) is 6.17. The van der Waals surface area contributed by atoms with Crippen LogP contribution in [0.4, 0.5) is 4.39 Å². The summed E-state index contributed by atoms with van der Waals surface area (Å²) in [6.07, 6.45) is 5.13. The summed E-state index contributed by atoms with van der Waals surface area (Å²) in [7, 11) is 0. The lowest BCUT2D eigenvalue weighted by atomic mass is 9.98. The van der Waals surface area contributed by atoms with Gasteiger partial charge in [0.15, 0.2) is 11.6 Å². The van der Waals surface area contributed by atoms with Crippen LogP contribution in [-0.4, -0.2) is 42.7 Å². The first kappa shape index (κ1) is 14.8. The van der Waals surface area contributed by atoms with Gasteiger partial charge in [-0.3, -0.25) is 4.90 Å². The van der Waals surface area contributed by atoms with Gasteiger partial charge in [-0.25, -0.2) is 4.39 Å². The fraction of sp³-hybridized carbons (Fsp3) is 0.647. The maximum Gasteiger partial charge on any atom is 0.165 e. The molecule has 2 bridgehead atoms. The van der Waals surface area contributed by atoms with Crippen molar-refractivity contribution < 1.29 is 9.13 Å². The zero-order chi connectivity index (χ0) is 14.7. The molecule has 0 spiro atoms. The van der Waals surface area contributed by atoms with Crippen LogP contribution < -0.4 is 10.1 Å². The van der Waals surface area contributed by atoms with Crippen LogP contribution in [0.15, 0.2) is 24.3 Å². The van der Waals surface area contributed by atoms with E-state index < -0.39 is 0 Å². The van der Waals surface area contributed by atoms with Crippen molar-refractivity contribution >= 4 is 0 Å². The lowest BCUT2D eigenvalue weighted by Crippen LogP contribution is -2.49. The molecule has 0 saturated carbocycles. The fourth-order valence-electron chi connectivity index (χ4n) is 3.76. The first-order valence-corrected chi connectivity index (χ1v) is 8.13. The molecule has 1 aromatic rings. The molecule has 2 fully saturated rings. The van der Waals surface area contributed by atoms with Crippen LogP contribution in [0.3, 0.4) is 0 Å². The average Bonchev–Trinajstić information content (AvgIpc) is 2.84. The van der Waals surface area contributed by atoms with Crippen LogP contribution in [-0.2, 0) is 0 Å². The molecular weight excluding hydrogens is 267 g/mol. The molecule has 2 aliphatic heterocycles. The fourth-order valence-corrected chi connectivity index (χ4v) is 3.76. The number of benzene rings is 1. The Morgan fingerprint density at radius 3 is 2.62 bits per heavy atom. The summed E-state index contributed by atoms with van der Waals surface area (Å²) in [6, 6.07) is 8.68. The monoisotopic (exact) mass is 292 g/mol. The van der Waals surface area contributed by atoms with Gasteiger partial charge in [-0.05, 0) is 44.4 Å². The van der Waals surface area contributed by atoms with Crippen LogP contribution in [0.25, 0.3) is 0 Å². The SMILES string of the molecule is CCN(CCOc1ccccc1F)C1CC2CCC(C1)N2.